The Kier molecular flexibility index (Phi) is 7.01. The molecule has 0 amide bonds. The molecule has 186 valence electrons. The molecule has 0 aliphatic carbocycles. The Bertz CT molecular complexity index is 1560. The molecule has 3 aromatic carbocycles. The predicted octanol–water partition coefficient (Wildman–Crippen LogP) is 8.03. The van der Waals surface area contributed by atoms with E-state index < -0.39 is 0 Å². The van der Waals surface area contributed by atoms with Crippen LogP contribution in [0, 0.1) is 6.92 Å². The highest BCUT2D eigenvalue weighted by molar-refractivity contribution is 9.11. The van der Waals surface area contributed by atoms with Crippen molar-refractivity contribution in [3.63, 3.8) is 0 Å². The fraction of sp³-hybridized carbons (Fsp3) is 0.167. The van der Waals surface area contributed by atoms with Gasteiger partial charge in [-0.1, -0.05) is 72.2 Å². The summed E-state index contributed by atoms with van der Waals surface area (Å²) in [6.07, 6.45) is 3.85. The summed E-state index contributed by atoms with van der Waals surface area (Å²) < 4.78 is 1.88. The Morgan fingerprint density at radius 2 is 1.76 bits per heavy atom. The number of halogens is 2. The van der Waals surface area contributed by atoms with Crippen molar-refractivity contribution >= 4 is 66.2 Å². The highest BCUT2D eigenvalue weighted by atomic mass is 79.9. The van der Waals surface area contributed by atoms with Crippen molar-refractivity contribution in [3.8, 4) is 0 Å². The molecule has 1 aromatic heterocycles. The SMILES string of the molecule is Cc1cc(Br)cc(Br)c1N=C(N/N=C/C=C1\N(C)c2ccccc2C1(C)C)c1ccc2ccccc2n1. The van der Waals surface area contributed by atoms with Crippen LogP contribution in [0.2, 0.25) is 0 Å². The van der Waals surface area contributed by atoms with E-state index in [9.17, 15) is 0 Å². The third-order valence-corrected chi connectivity index (χ3v) is 7.76. The Hall–Kier alpha value is -3.29. The molecule has 1 N–H and O–H groups in total. The van der Waals surface area contributed by atoms with Crippen LogP contribution in [-0.2, 0) is 5.41 Å². The maximum absolute atomic E-state index is 4.95. The number of hydrogen-bond donors (Lipinski definition) is 1. The number of allylic oxidation sites excluding steroid dienone is 2. The second-order valence-corrected chi connectivity index (χ2v) is 11.3. The van der Waals surface area contributed by atoms with Crippen molar-refractivity contribution in [1.29, 1.82) is 0 Å². The number of anilines is 1. The Morgan fingerprint density at radius 1 is 1.00 bits per heavy atom. The summed E-state index contributed by atoms with van der Waals surface area (Å²) in [6.45, 7) is 6.51. The van der Waals surface area contributed by atoms with Gasteiger partial charge in [0.05, 0.1) is 11.2 Å². The van der Waals surface area contributed by atoms with Crippen molar-refractivity contribution in [2.75, 3.05) is 11.9 Å². The molecule has 0 unspecified atom stereocenters. The molecule has 5 nitrogen and oxygen atoms in total. The first kappa shape index (κ1) is 25.4. The fourth-order valence-electron chi connectivity index (χ4n) is 4.79. The molecule has 0 spiro atoms. The van der Waals surface area contributed by atoms with E-state index in [2.05, 4.69) is 105 Å². The van der Waals surface area contributed by atoms with Crippen LogP contribution in [0.15, 0.2) is 104 Å². The van der Waals surface area contributed by atoms with Gasteiger partial charge in [0.2, 0.25) is 0 Å². The molecule has 0 fully saturated rings. The summed E-state index contributed by atoms with van der Waals surface area (Å²) in [4.78, 5) is 12.0. The standard InChI is InChI=1S/C30H27Br2N5/c1-19-17-21(31)18-23(32)28(19)35-29(25-14-13-20-9-5-7-11-24(20)34-25)36-33-16-15-27-30(2,3)22-10-6-8-12-26(22)37(27)4/h5-18H,1-4H3,(H,35,36)/b27-15-,33-16+. The van der Waals surface area contributed by atoms with E-state index in [1.165, 1.54) is 16.9 Å². The second kappa shape index (κ2) is 10.2. The van der Waals surface area contributed by atoms with Gasteiger partial charge in [-0.3, -0.25) is 5.43 Å². The van der Waals surface area contributed by atoms with Crippen LogP contribution in [0.5, 0.6) is 0 Å². The number of pyridine rings is 1. The monoisotopic (exact) mass is 615 g/mol. The molecule has 0 saturated carbocycles. The van der Waals surface area contributed by atoms with Gasteiger partial charge in [0.15, 0.2) is 5.84 Å². The Balaban J connectivity index is 1.51. The fourth-order valence-corrected chi connectivity index (χ4v) is 6.32. The number of aliphatic imine (C=N–C) groups is 1. The maximum atomic E-state index is 4.95. The third kappa shape index (κ3) is 4.98. The third-order valence-electron chi connectivity index (χ3n) is 6.70. The normalized spacial score (nSPS) is 16.1. The minimum absolute atomic E-state index is 0.117. The number of rotatable bonds is 4. The van der Waals surface area contributed by atoms with Gasteiger partial charge in [-0.05, 0) is 70.4 Å². The number of aryl methyl sites for hydroxylation is 1. The lowest BCUT2D eigenvalue weighted by molar-refractivity contribution is 0.641. The summed E-state index contributed by atoms with van der Waals surface area (Å²) >= 11 is 7.21. The summed E-state index contributed by atoms with van der Waals surface area (Å²) in [5.41, 5.74) is 10.2. The van der Waals surface area contributed by atoms with Crippen LogP contribution in [0.25, 0.3) is 10.9 Å². The van der Waals surface area contributed by atoms with E-state index in [1.54, 1.807) is 6.21 Å². The average molecular weight is 617 g/mol. The molecule has 4 aromatic rings. The number of likely N-dealkylation sites (N-methyl/N-ethyl adjacent to an activating group) is 1. The van der Waals surface area contributed by atoms with E-state index >= 15 is 0 Å². The van der Waals surface area contributed by atoms with Crippen LogP contribution in [0.3, 0.4) is 0 Å². The number of hydrazone groups is 1. The molecule has 37 heavy (non-hydrogen) atoms. The molecular formula is C30H27Br2N5. The van der Waals surface area contributed by atoms with Crippen molar-refractivity contribution in [1.82, 2.24) is 10.4 Å². The smallest absolute Gasteiger partial charge is 0.173 e. The van der Waals surface area contributed by atoms with Crippen molar-refractivity contribution in [2.24, 2.45) is 10.1 Å². The lowest BCUT2D eigenvalue weighted by Crippen LogP contribution is -2.23. The van der Waals surface area contributed by atoms with Gasteiger partial charge < -0.3 is 4.90 Å². The maximum Gasteiger partial charge on any atom is 0.173 e. The molecule has 0 saturated heterocycles. The molecule has 7 heteroatoms. The van der Waals surface area contributed by atoms with E-state index in [-0.39, 0.29) is 5.41 Å². The molecule has 1 aliphatic rings. The van der Waals surface area contributed by atoms with E-state index in [0.29, 0.717) is 11.5 Å². The number of nitrogens with zero attached hydrogens (tertiary/aromatic N) is 4. The number of para-hydroxylation sites is 2. The quantitative estimate of drug-likeness (QED) is 0.143. The number of nitrogens with one attached hydrogen (secondary N) is 1. The van der Waals surface area contributed by atoms with Crippen molar-refractivity contribution in [3.05, 3.63) is 110 Å². The minimum Gasteiger partial charge on any atom is -0.347 e. The topological polar surface area (TPSA) is 52.9 Å². The van der Waals surface area contributed by atoms with Crippen molar-refractivity contribution in [2.45, 2.75) is 26.2 Å². The van der Waals surface area contributed by atoms with Crippen LogP contribution in [0.1, 0.15) is 30.7 Å². The van der Waals surface area contributed by atoms with Gasteiger partial charge in [-0.2, -0.15) is 5.10 Å². The van der Waals surface area contributed by atoms with Crippen LogP contribution < -0.4 is 10.3 Å². The molecule has 0 atom stereocenters. The number of aromatic nitrogens is 1. The Labute approximate surface area is 234 Å². The lowest BCUT2D eigenvalue weighted by atomic mass is 9.84. The summed E-state index contributed by atoms with van der Waals surface area (Å²) in [6, 6.07) is 24.6. The van der Waals surface area contributed by atoms with Crippen LogP contribution in [0.4, 0.5) is 11.4 Å². The number of fused-ring (bicyclic) bond motifs is 2. The molecule has 1 aliphatic heterocycles. The Morgan fingerprint density at radius 3 is 2.54 bits per heavy atom. The summed E-state index contributed by atoms with van der Waals surface area (Å²) in [5, 5.41) is 5.63. The van der Waals surface area contributed by atoms with Gasteiger partial charge in [-0.25, -0.2) is 9.98 Å². The molecule has 0 radical (unpaired) electrons. The largest absolute Gasteiger partial charge is 0.347 e. The van der Waals surface area contributed by atoms with E-state index in [0.717, 1.165) is 31.1 Å². The van der Waals surface area contributed by atoms with Gasteiger partial charge in [0, 0.05) is 44.4 Å². The van der Waals surface area contributed by atoms with Gasteiger partial charge in [0.25, 0.3) is 0 Å². The molecule has 2 heterocycles. The van der Waals surface area contributed by atoms with Crippen LogP contribution >= 0.6 is 31.9 Å². The van der Waals surface area contributed by atoms with Crippen molar-refractivity contribution < 1.29 is 0 Å². The zero-order chi connectivity index (χ0) is 26.2. The lowest BCUT2D eigenvalue weighted by Gasteiger charge is -2.23. The number of benzene rings is 3. The highest BCUT2D eigenvalue weighted by Gasteiger charge is 2.37. The van der Waals surface area contributed by atoms with E-state index in [1.807, 2.05) is 49.4 Å². The second-order valence-electron chi connectivity index (χ2n) is 9.55. The molecule has 0 bridgehead atoms. The number of hydrogen-bond acceptors (Lipinski definition) is 4. The molecular weight excluding hydrogens is 590 g/mol. The van der Waals surface area contributed by atoms with Gasteiger partial charge >= 0.3 is 0 Å². The van der Waals surface area contributed by atoms with Crippen LogP contribution in [-0.4, -0.2) is 24.1 Å². The first-order chi connectivity index (χ1) is 17.8. The number of amidine groups is 1. The zero-order valence-electron chi connectivity index (χ0n) is 21.1. The van der Waals surface area contributed by atoms with Gasteiger partial charge in [-0.15, -0.1) is 0 Å². The molecule has 5 rings (SSSR count). The average Bonchev–Trinajstić information content (AvgIpc) is 3.07. The highest BCUT2D eigenvalue weighted by Crippen LogP contribution is 2.46. The van der Waals surface area contributed by atoms with E-state index in [4.69, 9.17) is 9.98 Å². The zero-order valence-corrected chi connectivity index (χ0v) is 24.3. The predicted molar refractivity (Wildman–Crippen MR) is 162 cm³/mol. The van der Waals surface area contributed by atoms with Gasteiger partial charge in [0.1, 0.15) is 5.69 Å². The summed E-state index contributed by atoms with van der Waals surface area (Å²) in [5.74, 6) is 0.564. The minimum atomic E-state index is -0.117. The first-order valence-electron chi connectivity index (χ1n) is 12.0. The summed E-state index contributed by atoms with van der Waals surface area (Å²) in [7, 11) is 2.10. The first-order valence-corrected chi connectivity index (χ1v) is 13.6.